The average Bonchev–Trinajstić information content (AvgIpc) is 2.02. The molecular weight excluding hydrogens is 152 g/mol. The van der Waals surface area contributed by atoms with Crippen LogP contribution < -0.4 is 0 Å². The van der Waals surface area contributed by atoms with Gasteiger partial charge in [0.25, 0.3) is 0 Å². The number of esters is 1. The third-order valence-corrected chi connectivity index (χ3v) is 0.973. The van der Waals surface area contributed by atoms with Gasteiger partial charge in [0.2, 0.25) is 0 Å². The van der Waals surface area contributed by atoms with E-state index < -0.39 is 18.2 Å². The molecule has 0 fully saturated rings. The molecule has 0 amide bonds. The molecule has 11 heavy (non-hydrogen) atoms. The van der Waals surface area contributed by atoms with E-state index in [1.54, 1.807) is 0 Å². The lowest BCUT2D eigenvalue weighted by molar-refractivity contribution is -0.150. The molecule has 64 valence electrons. The molecule has 0 bridgehead atoms. The summed E-state index contributed by atoms with van der Waals surface area (Å²) in [6, 6.07) is 0. The lowest BCUT2D eigenvalue weighted by Gasteiger charge is -2.08. The minimum atomic E-state index is -0.924. The number of rotatable bonds is 2. The van der Waals surface area contributed by atoms with E-state index in [4.69, 9.17) is 0 Å². The molecule has 5 nitrogen and oxygen atoms in total. The second-order valence-corrected chi connectivity index (χ2v) is 1.74. The fourth-order valence-electron chi connectivity index (χ4n) is 0.407. The van der Waals surface area contributed by atoms with Gasteiger partial charge in [-0.05, 0) is 6.92 Å². The summed E-state index contributed by atoms with van der Waals surface area (Å²) in [5, 5.41) is 0. The van der Waals surface area contributed by atoms with Gasteiger partial charge in [0.15, 0.2) is 6.10 Å². The Morgan fingerprint density at radius 3 is 2.09 bits per heavy atom. The van der Waals surface area contributed by atoms with E-state index in [0.29, 0.717) is 0 Å². The third-order valence-electron chi connectivity index (χ3n) is 0.973. The third kappa shape index (κ3) is 3.44. The van der Waals surface area contributed by atoms with Gasteiger partial charge in [0.1, 0.15) is 0 Å². The van der Waals surface area contributed by atoms with E-state index in [0.717, 1.165) is 7.11 Å². The van der Waals surface area contributed by atoms with Crippen LogP contribution in [0.2, 0.25) is 0 Å². The summed E-state index contributed by atoms with van der Waals surface area (Å²) in [6.45, 7) is 1.39. The number of hydrogen-bond donors (Lipinski definition) is 0. The van der Waals surface area contributed by atoms with E-state index in [2.05, 4.69) is 14.2 Å². The molecule has 0 aliphatic heterocycles. The topological polar surface area (TPSA) is 61.8 Å². The Hall–Kier alpha value is -1.26. The number of carbonyl (C=O) groups excluding carboxylic acids is 2. The van der Waals surface area contributed by atoms with Crippen LogP contribution in [0.25, 0.3) is 0 Å². The molecule has 0 aromatic heterocycles. The Morgan fingerprint density at radius 2 is 1.73 bits per heavy atom. The van der Waals surface area contributed by atoms with Crippen LogP contribution in [-0.2, 0) is 19.0 Å². The first kappa shape index (κ1) is 9.74. The quantitative estimate of drug-likeness (QED) is 0.547. The van der Waals surface area contributed by atoms with E-state index in [1.165, 1.54) is 14.0 Å². The van der Waals surface area contributed by atoms with E-state index in [-0.39, 0.29) is 0 Å². The van der Waals surface area contributed by atoms with E-state index >= 15 is 0 Å². The number of carbonyl (C=O) groups is 2. The predicted molar refractivity (Wildman–Crippen MR) is 35.0 cm³/mol. The molecule has 0 saturated heterocycles. The fourth-order valence-corrected chi connectivity index (χ4v) is 0.407. The van der Waals surface area contributed by atoms with Crippen LogP contribution in [0, 0.1) is 0 Å². The monoisotopic (exact) mass is 162 g/mol. The first-order chi connectivity index (χ1) is 5.11. The molecule has 0 N–H and O–H groups in total. The predicted octanol–water partition coefficient (Wildman–Crippen LogP) is 0.331. The zero-order valence-corrected chi connectivity index (χ0v) is 6.62. The standard InChI is InChI=1S/C6H10O5/c1-4(5(7)9-2)11-6(8)10-3/h4H,1-3H3/t4-/m0/s1. The molecule has 0 aliphatic rings. The van der Waals surface area contributed by atoms with Crippen molar-refractivity contribution in [2.75, 3.05) is 14.2 Å². The molecule has 0 saturated carbocycles. The maximum absolute atomic E-state index is 10.6. The summed E-state index contributed by atoms with van der Waals surface area (Å²) < 4.78 is 12.8. The largest absolute Gasteiger partial charge is 0.508 e. The van der Waals surface area contributed by atoms with Crippen LogP contribution in [0.15, 0.2) is 0 Å². The smallest absolute Gasteiger partial charge is 0.466 e. The number of hydrogen-bond acceptors (Lipinski definition) is 5. The first-order valence-corrected chi connectivity index (χ1v) is 2.94. The zero-order chi connectivity index (χ0) is 8.85. The molecule has 0 unspecified atom stereocenters. The van der Waals surface area contributed by atoms with Crippen LogP contribution in [0.5, 0.6) is 0 Å². The van der Waals surface area contributed by atoms with Gasteiger partial charge >= 0.3 is 12.1 Å². The first-order valence-electron chi connectivity index (χ1n) is 2.94. The Balaban J connectivity index is 3.77. The maximum atomic E-state index is 10.6. The Labute approximate surface area is 64.2 Å². The van der Waals surface area contributed by atoms with Crippen molar-refractivity contribution in [1.29, 1.82) is 0 Å². The lowest BCUT2D eigenvalue weighted by atomic mass is 10.4. The van der Waals surface area contributed by atoms with Gasteiger partial charge in [-0.1, -0.05) is 0 Å². The van der Waals surface area contributed by atoms with Crippen LogP contribution in [-0.4, -0.2) is 32.4 Å². The van der Waals surface area contributed by atoms with E-state index in [1.807, 2.05) is 0 Å². The Bertz CT molecular complexity index is 153. The van der Waals surface area contributed by atoms with Crippen LogP contribution in [0.1, 0.15) is 6.92 Å². The van der Waals surface area contributed by atoms with Crippen molar-refractivity contribution >= 4 is 12.1 Å². The fraction of sp³-hybridized carbons (Fsp3) is 0.667. The highest BCUT2D eigenvalue weighted by Gasteiger charge is 2.17. The van der Waals surface area contributed by atoms with Gasteiger partial charge in [0, 0.05) is 0 Å². The normalized spacial score (nSPS) is 11.5. The molecule has 0 aliphatic carbocycles. The molecule has 1 atom stereocenters. The van der Waals surface area contributed by atoms with Gasteiger partial charge in [0.05, 0.1) is 14.2 Å². The van der Waals surface area contributed by atoms with Crippen molar-refractivity contribution in [3.05, 3.63) is 0 Å². The zero-order valence-electron chi connectivity index (χ0n) is 6.62. The molecule has 0 spiro atoms. The summed E-state index contributed by atoms with van der Waals surface area (Å²) in [7, 11) is 2.37. The second kappa shape index (κ2) is 4.54. The summed E-state index contributed by atoms with van der Waals surface area (Å²) >= 11 is 0. The van der Waals surface area contributed by atoms with Crippen LogP contribution in [0.4, 0.5) is 4.79 Å². The van der Waals surface area contributed by atoms with Gasteiger partial charge in [-0.25, -0.2) is 9.59 Å². The van der Waals surface area contributed by atoms with Crippen molar-refractivity contribution in [1.82, 2.24) is 0 Å². The van der Waals surface area contributed by atoms with Crippen molar-refractivity contribution in [2.45, 2.75) is 13.0 Å². The Kier molecular flexibility index (Phi) is 4.02. The van der Waals surface area contributed by atoms with E-state index in [9.17, 15) is 9.59 Å². The molecule has 0 heterocycles. The van der Waals surface area contributed by atoms with Crippen molar-refractivity contribution in [3.63, 3.8) is 0 Å². The van der Waals surface area contributed by atoms with Crippen LogP contribution in [0.3, 0.4) is 0 Å². The molecular formula is C6H10O5. The lowest BCUT2D eigenvalue weighted by Crippen LogP contribution is -2.25. The number of methoxy groups -OCH3 is 2. The highest BCUT2D eigenvalue weighted by molar-refractivity contribution is 5.76. The van der Waals surface area contributed by atoms with Gasteiger partial charge in [-0.3, -0.25) is 0 Å². The SMILES string of the molecule is COC(=O)O[C@@H](C)C(=O)OC. The molecule has 0 aromatic carbocycles. The van der Waals surface area contributed by atoms with Gasteiger partial charge in [-0.2, -0.15) is 0 Å². The highest BCUT2D eigenvalue weighted by Crippen LogP contribution is 1.95. The summed E-state index contributed by atoms with van der Waals surface area (Å²) in [5.41, 5.74) is 0. The highest BCUT2D eigenvalue weighted by atomic mass is 16.7. The minimum absolute atomic E-state index is 0.615. The minimum Gasteiger partial charge on any atom is -0.466 e. The van der Waals surface area contributed by atoms with Crippen LogP contribution >= 0.6 is 0 Å². The summed E-state index contributed by atoms with van der Waals surface area (Å²) in [5.74, 6) is -0.615. The van der Waals surface area contributed by atoms with Gasteiger partial charge < -0.3 is 14.2 Å². The van der Waals surface area contributed by atoms with Crippen molar-refractivity contribution in [3.8, 4) is 0 Å². The molecule has 0 rings (SSSR count). The van der Waals surface area contributed by atoms with Gasteiger partial charge in [-0.15, -0.1) is 0 Å². The second-order valence-electron chi connectivity index (χ2n) is 1.74. The molecule has 0 aromatic rings. The van der Waals surface area contributed by atoms with Crippen molar-refractivity contribution < 1.29 is 23.8 Å². The summed E-state index contributed by atoms with van der Waals surface area (Å²) in [6.07, 6.45) is -1.82. The molecule has 5 heteroatoms. The average molecular weight is 162 g/mol. The number of ether oxygens (including phenoxy) is 3. The molecule has 0 radical (unpaired) electrons. The maximum Gasteiger partial charge on any atom is 0.508 e. The summed E-state index contributed by atoms with van der Waals surface area (Å²) in [4.78, 5) is 21.0. The van der Waals surface area contributed by atoms with Crippen molar-refractivity contribution in [2.24, 2.45) is 0 Å². The Morgan fingerprint density at radius 1 is 1.18 bits per heavy atom.